The Morgan fingerprint density at radius 1 is 1.43 bits per heavy atom. The van der Waals surface area contributed by atoms with Crippen LogP contribution in [0, 0.1) is 5.92 Å². The maximum Gasteiger partial charge on any atom is 0.112 e. The zero-order valence-electron chi connectivity index (χ0n) is 13.4. The summed E-state index contributed by atoms with van der Waals surface area (Å²) in [4.78, 5) is 9.93. The van der Waals surface area contributed by atoms with Gasteiger partial charge in [-0.1, -0.05) is 0 Å². The highest BCUT2D eigenvalue weighted by Gasteiger charge is 2.24. The Hall–Kier alpha value is -1.99. The van der Waals surface area contributed by atoms with Gasteiger partial charge in [-0.2, -0.15) is 0 Å². The minimum Gasteiger partial charge on any atom is -0.400 e. The minimum atomic E-state index is 0.349. The lowest BCUT2D eigenvalue weighted by atomic mass is 9.91. The molecule has 6 nitrogen and oxygen atoms in total. The number of likely N-dealkylation sites (tertiary alicyclic amines) is 1. The predicted octanol–water partition coefficient (Wildman–Crippen LogP) is 2.01. The molecule has 23 heavy (non-hydrogen) atoms. The quantitative estimate of drug-likeness (QED) is 0.672. The van der Waals surface area contributed by atoms with Crippen molar-refractivity contribution < 1.29 is 0 Å². The number of rotatable bonds is 5. The summed E-state index contributed by atoms with van der Waals surface area (Å²) in [5, 5.41) is 6.31. The summed E-state index contributed by atoms with van der Waals surface area (Å²) in [5.41, 5.74) is 15.1. The number of allylic oxidation sites excluding steroid dienone is 1. The molecule has 7 heteroatoms. The van der Waals surface area contributed by atoms with E-state index in [1.54, 1.807) is 11.3 Å². The Labute approximate surface area is 140 Å². The Morgan fingerprint density at radius 3 is 2.87 bits per heavy atom. The van der Waals surface area contributed by atoms with Crippen molar-refractivity contribution in [3.05, 3.63) is 40.1 Å². The lowest BCUT2D eigenvalue weighted by molar-refractivity contribution is 0.191. The second kappa shape index (κ2) is 7.06. The molecule has 0 bridgehead atoms. The third-order valence-corrected chi connectivity index (χ3v) is 5.23. The van der Waals surface area contributed by atoms with Crippen LogP contribution in [-0.2, 0) is 6.54 Å². The monoisotopic (exact) mass is 332 g/mol. The number of H-pyrrole nitrogens is 1. The summed E-state index contributed by atoms with van der Waals surface area (Å²) in [6, 6.07) is 1.96. The summed E-state index contributed by atoms with van der Waals surface area (Å²) in [6.45, 7) is 3.00. The molecule has 3 heterocycles. The Kier molecular flexibility index (Phi) is 4.88. The first-order valence-electron chi connectivity index (χ1n) is 7.90. The van der Waals surface area contributed by atoms with E-state index in [9.17, 15) is 0 Å². The molecule has 0 atom stereocenters. The van der Waals surface area contributed by atoms with E-state index in [1.165, 1.54) is 5.01 Å². The summed E-state index contributed by atoms with van der Waals surface area (Å²) in [5.74, 6) is 1.26. The lowest BCUT2D eigenvalue weighted by Gasteiger charge is -2.32. The fourth-order valence-electron chi connectivity index (χ4n) is 3.10. The van der Waals surface area contributed by atoms with Crippen LogP contribution in [-0.4, -0.2) is 35.0 Å². The molecule has 0 saturated carbocycles. The van der Waals surface area contributed by atoms with E-state index in [2.05, 4.69) is 20.2 Å². The van der Waals surface area contributed by atoms with E-state index in [0.717, 1.165) is 49.6 Å². The van der Waals surface area contributed by atoms with E-state index >= 15 is 0 Å². The second-order valence-corrected chi connectivity index (χ2v) is 6.84. The number of nitrogens with zero attached hydrogens (tertiary/aromatic N) is 2. The van der Waals surface area contributed by atoms with Gasteiger partial charge < -0.3 is 21.8 Å². The third kappa shape index (κ3) is 3.51. The second-order valence-electron chi connectivity index (χ2n) is 5.86. The van der Waals surface area contributed by atoms with Gasteiger partial charge in [-0.15, -0.1) is 11.3 Å². The number of hydrogen-bond donors (Lipinski definition) is 4. The van der Waals surface area contributed by atoms with Crippen LogP contribution in [0.4, 0.5) is 5.82 Å². The Bertz CT molecular complexity index is 652. The van der Waals surface area contributed by atoms with Crippen LogP contribution in [0.2, 0.25) is 0 Å². The number of anilines is 1. The number of hydrogen-bond acceptors (Lipinski definition) is 6. The van der Waals surface area contributed by atoms with Gasteiger partial charge in [0.15, 0.2) is 0 Å². The molecule has 0 spiro atoms. The number of aromatic nitrogens is 2. The number of thiazole rings is 1. The fraction of sp³-hybridized carbons (Fsp3) is 0.438. The van der Waals surface area contributed by atoms with E-state index < -0.39 is 0 Å². The highest BCUT2D eigenvalue weighted by molar-refractivity contribution is 7.09. The predicted molar refractivity (Wildman–Crippen MR) is 95.7 cm³/mol. The molecule has 1 saturated heterocycles. The van der Waals surface area contributed by atoms with Crippen LogP contribution in [0.5, 0.6) is 0 Å². The molecule has 2 aromatic heterocycles. The molecule has 3 rings (SSSR count). The van der Waals surface area contributed by atoms with Crippen molar-refractivity contribution in [3.8, 4) is 0 Å². The van der Waals surface area contributed by atoms with Gasteiger partial charge in [0.05, 0.1) is 12.2 Å². The molecule has 0 unspecified atom stereocenters. The minimum absolute atomic E-state index is 0.349. The van der Waals surface area contributed by atoms with Crippen molar-refractivity contribution in [1.29, 1.82) is 0 Å². The van der Waals surface area contributed by atoms with Gasteiger partial charge in [0.1, 0.15) is 10.8 Å². The SMILES string of the molecule is CNc1[nH]ccc1/C(N)=C(/N)C1CCN(Cc2nccs2)CC1. The zero-order chi connectivity index (χ0) is 16.2. The molecule has 1 fully saturated rings. The number of nitrogens with one attached hydrogen (secondary N) is 2. The van der Waals surface area contributed by atoms with Gasteiger partial charge in [0.25, 0.3) is 0 Å². The molecule has 6 N–H and O–H groups in total. The van der Waals surface area contributed by atoms with Crippen molar-refractivity contribution in [1.82, 2.24) is 14.9 Å². The van der Waals surface area contributed by atoms with Gasteiger partial charge in [-0.05, 0) is 32.0 Å². The maximum atomic E-state index is 6.37. The van der Waals surface area contributed by atoms with E-state index in [4.69, 9.17) is 11.5 Å². The fourth-order valence-corrected chi connectivity index (χ4v) is 3.76. The third-order valence-electron chi connectivity index (χ3n) is 4.47. The molecule has 0 amide bonds. The smallest absolute Gasteiger partial charge is 0.112 e. The highest BCUT2D eigenvalue weighted by atomic mass is 32.1. The van der Waals surface area contributed by atoms with E-state index in [1.807, 2.05) is 30.9 Å². The van der Waals surface area contributed by atoms with Crippen molar-refractivity contribution >= 4 is 22.9 Å². The molecular weight excluding hydrogens is 308 g/mol. The van der Waals surface area contributed by atoms with Crippen molar-refractivity contribution in [2.45, 2.75) is 19.4 Å². The summed E-state index contributed by atoms with van der Waals surface area (Å²) >= 11 is 1.71. The molecular formula is C16H24N6S. The van der Waals surface area contributed by atoms with Gasteiger partial charge in [-0.25, -0.2) is 4.98 Å². The standard InChI is InChI=1S/C16H24N6S/c1-19-16-12(2-5-21-16)15(18)14(17)11-3-7-22(8-4-11)10-13-20-6-9-23-13/h2,5-6,9,11,19,21H,3-4,7-8,10,17-18H2,1H3/b15-14-. The Balaban J connectivity index is 1.63. The van der Waals surface area contributed by atoms with E-state index in [0.29, 0.717) is 11.6 Å². The van der Waals surface area contributed by atoms with Crippen LogP contribution in [0.15, 0.2) is 29.5 Å². The van der Waals surface area contributed by atoms with Crippen LogP contribution < -0.4 is 16.8 Å². The maximum absolute atomic E-state index is 6.37. The van der Waals surface area contributed by atoms with Crippen LogP contribution in [0.1, 0.15) is 23.4 Å². The number of nitrogens with two attached hydrogens (primary N) is 2. The van der Waals surface area contributed by atoms with Crippen molar-refractivity contribution in [2.75, 3.05) is 25.5 Å². The highest BCUT2D eigenvalue weighted by Crippen LogP contribution is 2.28. The number of piperidine rings is 1. The zero-order valence-corrected chi connectivity index (χ0v) is 14.2. The Morgan fingerprint density at radius 2 is 2.22 bits per heavy atom. The van der Waals surface area contributed by atoms with Crippen molar-refractivity contribution in [3.63, 3.8) is 0 Å². The summed E-state index contributed by atoms with van der Waals surface area (Å²) in [6.07, 6.45) is 5.82. The summed E-state index contributed by atoms with van der Waals surface area (Å²) < 4.78 is 0. The molecule has 1 aliphatic rings. The molecule has 124 valence electrons. The van der Waals surface area contributed by atoms with Crippen LogP contribution in [0.3, 0.4) is 0 Å². The van der Waals surface area contributed by atoms with Gasteiger partial charge in [-0.3, -0.25) is 4.90 Å². The first-order valence-corrected chi connectivity index (χ1v) is 8.78. The molecule has 0 aliphatic carbocycles. The normalized spacial score (nSPS) is 18.0. The summed E-state index contributed by atoms with van der Waals surface area (Å²) in [7, 11) is 1.87. The largest absolute Gasteiger partial charge is 0.400 e. The van der Waals surface area contributed by atoms with Gasteiger partial charge >= 0.3 is 0 Å². The van der Waals surface area contributed by atoms with Crippen LogP contribution in [0.25, 0.3) is 5.70 Å². The van der Waals surface area contributed by atoms with E-state index in [-0.39, 0.29) is 0 Å². The molecule has 2 aromatic rings. The van der Waals surface area contributed by atoms with Crippen molar-refractivity contribution in [2.24, 2.45) is 17.4 Å². The number of aromatic amines is 1. The van der Waals surface area contributed by atoms with Crippen LogP contribution >= 0.6 is 11.3 Å². The van der Waals surface area contributed by atoms with Gasteiger partial charge in [0, 0.05) is 42.0 Å². The average Bonchev–Trinajstić information content (AvgIpc) is 3.25. The average molecular weight is 332 g/mol. The first kappa shape index (κ1) is 15.9. The lowest BCUT2D eigenvalue weighted by Crippen LogP contribution is -2.35. The topological polar surface area (TPSA) is 96.0 Å². The molecule has 0 radical (unpaired) electrons. The molecule has 1 aliphatic heterocycles. The van der Waals surface area contributed by atoms with Gasteiger partial charge in [0.2, 0.25) is 0 Å². The molecule has 0 aromatic carbocycles. The first-order chi connectivity index (χ1) is 11.2.